The van der Waals surface area contributed by atoms with E-state index in [2.05, 4.69) is 20.9 Å². The molecule has 4 nitrogen and oxygen atoms in total. The highest BCUT2D eigenvalue weighted by molar-refractivity contribution is 9.10. The number of pyridine rings is 1. The lowest BCUT2D eigenvalue weighted by atomic mass is 10.3. The van der Waals surface area contributed by atoms with Crippen molar-refractivity contribution >= 4 is 22.0 Å². The predicted octanol–water partition coefficient (Wildman–Crippen LogP) is 2.09. The number of hydrogen-bond donors (Lipinski definition) is 0. The molecule has 0 saturated heterocycles. The molecule has 62 valence electrons. The summed E-state index contributed by atoms with van der Waals surface area (Å²) in [5.41, 5.74) is 0.557. The minimum Gasteiger partial charge on any atom is -0.259 e. The van der Waals surface area contributed by atoms with Crippen LogP contribution in [0.5, 0.6) is 0 Å². The molecule has 12 heavy (non-hydrogen) atoms. The molecule has 0 aliphatic carbocycles. The zero-order valence-corrected chi connectivity index (χ0v) is 7.56. The van der Waals surface area contributed by atoms with Crippen LogP contribution in [-0.2, 0) is 0 Å². The fourth-order valence-corrected chi connectivity index (χ4v) is 1.01. The SMILES string of the molecule is O=[N+]([O-])C=Cc1cccc(Br)n1. The number of aromatic nitrogens is 1. The summed E-state index contributed by atoms with van der Waals surface area (Å²) in [6.45, 7) is 0. The molecule has 1 aromatic rings. The van der Waals surface area contributed by atoms with Gasteiger partial charge in [-0.2, -0.15) is 0 Å². The van der Waals surface area contributed by atoms with Crippen LogP contribution in [0.1, 0.15) is 5.69 Å². The van der Waals surface area contributed by atoms with Crippen LogP contribution in [0.3, 0.4) is 0 Å². The molecule has 0 atom stereocenters. The zero-order valence-electron chi connectivity index (χ0n) is 5.98. The van der Waals surface area contributed by atoms with Crippen molar-refractivity contribution in [1.82, 2.24) is 4.98 Å². The second-order valence-corrected chi connectivity index (χ2v) is 2.80. The Labute approximate surface area is 77.2 Å². The molecule has 0 amide bonds. The van der Waals surface area contributed by atoms with Gasteiger partial charge in [0.2, 0.25) is 6.20 Å². The molecule has 0 spiro atoms. The number of nitrogens with zero attached hydrogens (tertiary/aromatic N) is 2. The standard InChI is InChI=1S/C7H5BrN2O2/c8-7-3-1-2-6(9-7)4-5-10(11)12/h1-5H. The van der Waals surface area contributed by atoms with Crippen LogP contribution in [0.25, 0.3) is 6.08 Å². The average Bonchev–Trinajstić information content (AvgIpc) is 2.01. The van der Waals surface area contributed by atoms with Crippen LogP contribution in [-0.4, -0.2) is 9.91 Å². The van der Waals surface area contributed by atoms with Crippen molar-refractivity contribution in [3.05, 3.63) is 44.8 Å². The normalized spacial score (nSPS) is 10.4. The largest absolute Gasteiger partial charge is 0.259 e. The Balaban J connectivity index is 2.83. The summed E-state index contributed by atoms with van der Waals surface area (Å²) in [5.74, 6) is 0. The molecule has 0 fully saturated rings. The van der Waals surface area contributed by atoms with E-state index < -0.39 is 4.92 Å². The van der Waals surface area contributed by atoms with Crippen molar-refractivity contribution in [2.45, 2.75) is 0 Å². The van der Waals surface area contributed by atoms with Gasteiger partial charge in [0.25, 0.3) is 0 Å². The summed E-state index contributed by atoms with van der Waals surface area (Å²) in [7, 11) is 0. The predicted molar refractivity (Wildman–Crippen MR) is 48.0 cm³/mol. The first-order chi connectivity index (χ1) is 5.68. The van der Waals surface area contributed by atoms with E-state index in [1.54, 1.807) is 18.2 Å². The smallest absolute Gasteiger partial charge is 0.236 e. The van der Waals surface area contributed by atoms with E-state index in [4.69, 9.17) is 0 Å². The first-order valence-corrected chi connectivity index (χ1v) is 3.92. The third-order valence-corrected chi connectivity index (χ3v) is 1.55. The number of hydrogen-bond acceptors (Lipinski definition) is 3. The molecular weight excluding hydrogens is 224 g/mol. The Kier molecular flexibility index (Phi) is 2.93. The van der Waals surface area contributed by atoms with E-state index in [1.807, 2.05) is 0 Å². The molecule has 1 aromatic heterocycles. The summed E-state index contributed by atoms with van der Waals surface area (Å²) in [6.07, 6.45) is 2.19. The molecule has 0 aliphatic heterocycles. The van der Waals surface area contributed by atoms with E-state index in [0.717, 1.165) is 6.20 Å². The van der Waals surface area contributed by atoms with E-state index >= 15 is 0 Å². The Morgan fingerprint density at radius 2 is 2.33 bits per heavy atom. The van der Waals surface area contributed by atoms with Crippen molar-refractivity contribution in [2.24, 2.45) is 0 Å². The molecule has 1 heterocycles. The molecule has 0 unspecified atom stereocenters. The van der Waals surface area contributed by atoms with Gasteiger partial charge in [0.1, 0.15) is 4.60 Å². The van der Waals surface area contributed by atoms with Gasteiger partial charge in [-0.25, -0.2) is 4.98 Å². The molecular formula is C7H5BrN2O2. The van der Waals surface area contributed by atoms with Crippen LogP contribution >= 0.6 is 15.9 Å². The summed E-state index contributed by atoms with van der Waals surface area (Å²) in [6, 6.07) is 5.20. The summed E-state index contributed by atoms with van der Waals surface area (Å²) in [5, 5.41) is 9.94. The average molecular weight is 229 g/mol. The maximum Gasteiger partial charge on any atom is 0.236 e. The number of rotatable bonds is 2. The monoisotopic (exact) mass is 228 g/mol. The highest BCUT2D eigenvalue weighted by Crippen LogP contribution is 2.07. The fourth-order valence-electron chi connectivity index (χ4n) is 0.654. The Morgan fingerprint density at radius 3 is 2.92 bits per heavy atom. The van der Waals surface area contributed by atoms with Gasteiger partial charge in [-0.05, 0) is 28.1 Å². The van der Waals surface area contributed by atoms with Crippen LogP contribution in [0.15, 0.2) is 29.0 Å². The van der Waals surface area contributed by atoms with Gasteiger partial charge < -0.3 is 0 Å². The first-order valence-electron chi connectivity index (χ1n) is 3.13. The minimum atomic E-state index is -0.525. The van der Waals surface area contributed by atoms with Gasteiger partial charge in [0.05, 0.1) is 10.6 Å². The first kappa shape index (κ1) is 8.86. The van der Waals surface area contributed by atoms with Crippen LogP contribution in [0.2, 0.25) is 0 Å². The van der Waals surface area contributed by atoms with Crippen LogP contribution < -0.4 is 0 Å². The van der Waals surface area contributed by atoms with Crippen molar-refractivity contribution in [2.75, 3.05) is 0 Å². The maximum absolute atomic E-state index is 9.94. The summed E-state index contributed by atoms with van der Waals surface area (Å²) in [4.78, 5) is 13.4. The van der Waals surface area contributed by atoms with Gasteiger partial charge in [-0.1, -0.05) is 6.07 Å². The fraction of sp³-hybridized carbons (Fsp3) is 0. The van der Waals surface area contributed by atoms with Crippen molar-refractivity contribution in [3.63, 3.8) is 0 Å². The second kappa shape index (κ2) is 3.96. The topological polar surface area (TPSA) is 56.0 Å². The van der Waals surface area contributed by atoms with E-state index in [9.17, 15) is 10.1 Å². The maximum atomic E-state index is 9.94. The van der Waals surface area contributed by atoms with Gasteiger partial charge in [0.15, 0.2) is 0 Å². The van der Waals surface area contributed by atoms with Crippen molar-refractivity contribution in [1.29, 1.82) is 0 Å². The third-order valence-electron chi connectivity index (χ3n) is 1.10. The molecule has 0 radical (unpaired) electrons. The zero-order chi connectivity index (χ0) is 8.97. The van der Waals surface area contributed by atoms with E-state index in [-0.39, 0.29) is 0 Å². The summed E-state index contributed by atoms with van der Waals surface area (Å²) < 4.78 is 0.660. The van der Waals surface area contributed by atoms with Gasteiger partial charge in [-0.15, -0.1) is 0 Å². The third kappa shape index (κ3) is 2.79. The van der Waals surface area contributed by atoms with Crippen molar-refractivity contribution < 1.29 is 4.92 Å². The molecule has 0 N–H and O–H groups in total. The summed E-state index contributed by atoms with van der Waals surface area (Å²) >= 11 is 3.15. The Morgan fingerprint density at radius 1 is 1.58 bits per heavy atom. The van der Waals surface area contributed by atoms with Crippen LogP contribution in [0.4, 0.5) is 0 Å². The Hall–Kier alpha value is -1.23. The van der Waals surface area contributed by atoms with Crippen LogP contribution in [0, 0.1) is 10.1 Å². The highest BCUT2D eigenvalue weighted by atomic mass is 79.9. The van der Waals surface area contributed by atoms with E-state index in [1.165, 1.54) is 6.08 Å². The van der Waals surface area contributed by atoms with E-state index in [0.29, 0.717) is 10.3 Å². The molecule has 0 aliphatic rings. The Bertz CT molecular complexity index is 325. The quantitative estimate of drug-likeness (QED) is 0.443. The highest BCUT2D eigenvalue weighted by Gasteiger charge is 1.92. The number of halogens is 1. The molecule has 0 aromatic carbocycles. The molecule has 5 heteroatoms. The minimum absolute atomic E-state index is 0.525. The van der Waals surface area contributed by atoms with Crippen molar-refractivity contribution in [3.8, 4) is 0 Å². The van der Waals surface area contributed by atoms with Gasteiger partial charge in [-0.3, -0.25) is 10.1 Å². The molecule has 0 saturated carbocycles. The molecule has 0 bridgehead atoms. The van der Waals surface area contributed by atoms with Gasteiger partial charge in [0, 0.05) is 6.08 Å². The lowest BCUT2D eigenvalue weighted by Gasteiger charge is -1.90. The van der Waals surface area contributed by atoms with Gasteiger partial charge >= 0.3 is 0 Å². The second-order valence-electron chi connectivity index (χ2n) is 1.99. The molecule has 1 rings (SSSR count). The lowest BCUT2D eigenvalue weighted by molar-refractivity contribution is -0.401. The number of nitro groups is 1. The lowest BCUT2D eigenvalue weighted by Crippen LogP contribution is -1.84.